The highest BCUT2D eigenvalue weighted by Crippen LogP contribution is 2.30. The van der Waals surface area contributed by atoms with Gasteiger partial charge in [-0.2, -0.15) is 23.3 Å². The van der Waals surface area contributed by atoms with Crippen molar-refractivity contribution in [2.24, 2.45) is 0 Å². The van der Waals surface area contributed by atoms with E-state index in [1.54, 1.807) is 24.7 Å². The smallest absolute Gasteiger partial charge is 0.329 e. The summed E-state index contributed by atoms with van der Waals surface area (Å²) in [5, 5.41) is 11.0. The number of nitrogens with zero attached hydrogens (tertiary/aromatic N) is 6. The average molecular weight is 397 g/mol. The summed E-state index contributed by atoms with van der Waals surface area (Å²) >= 11 is 0. The lowest BCUT2D eigenvalue weighted by Crippen LogP contribution is -2.04. The lowest BCUT2D eigenvalue weighted by Gasteiger charge is -2.05. The molecule has 5 aromatic heterocycles. The van der Waals surface area contributed by atoms with E-state index in [4.69, 9.17) is 0 Å². The van der Waals surface area contributed by atoms with E-state index in [1.165, 1.54) is 12.3 Å². The summed E-state index contributed by atoms with van der Waals surface area (Å²) in [6, 6.07) is 6.82. The van der Waals surface area contributed by atoms with Crippen molar-refractivity contribution in [3.8, 4) is 28.5 Å². The molecule has 8 nitrogen and oxygen atoms in total. The molecule has 0 saturated heterocycles. The third-order valence-electron chi connectivity index (χ3n) is 4.29. The zero-order valence-electron chi connectivity index (χ0n) is 14.4. The van der Waals surface area contributed by atoms with Gasteiger partial charge in [0, 0.05) is 35.7 Å². The summed E-state index contributed by atoms with van der Waals surface area (Å²) < 4.78 is 44.3. The van der Waals surface area contributed by atoms with Crippen LogP contribution >= 0.6 is 0 Å². The van der Waals surface area contributed by atoms with Crippen LogP contribution in [0.3, 0.4) is 0 Å². The van der Waals surface area contributed by atoms with E-state index >= 15 is 0 Å². The SMILES string of the molecule is FC(F)(F)c1nc(-c2ccnc(-c3cc4c(ccn4-c4cn[nH]c4)cn3)c2)no1. The van der Waals surface area contributed by atoms with E-state index in [0.717, 1.165) is 16.6 Å². The van der Waals surface area contributed by atoms with Gasteiger partial charge in [0.2, 0.25) is 5.82 Å². The topological polar surface area (TPSA) is 98.3 Å². The minimum absolute atomic E-state index is 0.177. The van der Waals surface area contributed by atoms with Gasteiger partial charge in [-0.15, -0.1) is 0 Å². The first-order valence-electron chi connectivity index (χ1n) is 8.33. The van der Waals surface area contributed by atoms with Crippen molar-refractivity contribution in [3.05, 3.63) is 61.1 Å². The van der Waals surface area contributed by atoms with E-state index in [9.17, 15) is 13.2 Å². The Morgan fingerprint density at radius 3 is 2.66 bits per heavy atom. The fraction of sp³-hybridized carbons (Fsp3) is 0.0556. The maximum absolute atomic E-state index is 12.7. The lowest BCUT2D eigenvalue weighted by atomic mass is 10.1. The average Bonchev–Trinajstić information content (AvgIpc) is 3.46. The van der Waals surface area contributed by atoms with Crippen molar-refractivity contribution < 1.29 is 17.7 Å². The molecule has 1 N–H and O–H groups in total. The summed E-state index contributed by atoms with van der Waals surface area (Å²) in [4.78, 5) is 12.1. The van der Waals surface area contributed by atoms with E-state index < -0.39 is 12.1 Å². The predicted molar refractivity (Wildman–Crippen MR) is 94.7 cm³/mol. The highest BCUT2D eigenvalue weighted by atomic mass is 19.4. The molecule has 0 radical (unpaired) electrons. The Labute approximate surface area is 160 Å². The number of hydrogen-bond donors (Lipinski definition) is 1. The van der Waals surface area contributed by atoms with Crippen LogP contribution < -0.4 is 0 Å². The van der Waals surface area contributed by atoms with Gasteiger partial charge in [-0.25, -0.2) is 0 Å². The number of aromatic amines is 1. The van der Waals surface area contributed by atoms with Crippen LogP contribution in [0.1, 0.15) is 5.89 Å². The number of nitrogens with one attached hydrogen (secondary N) is 1. The second-order valence-corrected chi connectivity index (χ2v) is 6.12. The van der Waals surface area contributed by atoms with E-state index in [2.05, 4.69) is 34.8 Å². The molecule has 11 heteroatoms. The normalized spacial score (nSPS) is 12.0. The lowest BCUT2D eigenvalue weighted by molar-refractivity contribution is -0.159. The zero-order chi connectivity index (χ0) is 20.0. The molecular weight excluding hydrogens is 387 g/mol. The van der Waals surface area contributed by atoms with Crippen molar-refractivity contribution in [2.45, 2.75) is 6.18 Å². The van der Waals surface area contributed by atoms with Crippen LogP contribution in [-0.2, 0) is 6.18 Å². The molecule has 0 bridgehead atoms. The zero-order valence-corrected chi connectivity index (χ0v) is 14.4. The predicted octanol–water partition coefficient (Wildman–Crippen LogP) is 3.88. The van der Waals surface area contributed by atoms with Crippen molar-refractivity contribution >= 4 is 10.9 Å². The highest BCUT2D eigenvalue weighted by molar-refractivity contribution is 5.84. The molecule has 0 aromatic carbocycles. The highest BCUT2D eigenvalue weighted by Gasteiger charge is 2.38. The summed E-state index contributed by atoms with van der Waals surface area (Å²) in [5.41, 5.74) is 3.07. The van der Waals surface area contributed by atoms with E-state index in [1.807, 2.05) is 22.9 Å². The van der Waals surface area contributed by atoms with Crippen LogP contribution in [0.4, 0.5) is 13.2 Å². The number of pyridine rings is 2. The van der Waals surface area contributed by atoms with Gasteiger partial charge in [-0.05, 0) is 24.3 Å². The number of aromatic nitrogens is 7. The Balaban J connectivity index is 1.56. The van der Waals surface area contributed by atoms with Gasteiger partial charge in [0.05, 0.1) is 28.8 Å². The molecule has 0 aliphatic carbocycles. The Hall–Kier alpha value is -4.02. The first-order valence-corrected chi connectivity index (χ1v) is 8.33. The van der Waals surface area contributed by atoms with Crippen molar-refractivity contribution in [1.29, 1.82) is 0 Å². The largest absolute Gasteiger partial charge is 0.471 e. The van der Waals surface area contributed by atoms with Gasteiger partial charge in [-0.3, -0.25) is 15.1 Å². The molecule has 5 rings (SSSR count). The summed E-state index contributed by atoms with van der Waals surface area (Å²) in [5.74, 6) is -1.58. The minimum atomic E-state index is -4.70. The number of H-pyrrole nitrogens is 1. The van der Waals surface area contributed by atoms with Crippen LogP contribution in [0.25, 0.3) is 39.4 Å². The third-order valence-corrected chi connectivity index (χ3v) is 4.29. The van der Waals surface area contributed by atoms with Crippen molar-refractivity contribution in [3.63, 3.8) is 0 Å². The molecule has 0 aliphatic rings. The van der Waals surface area contributed by atoms with Crippen LogP contribution in [0.5, 0.6) is 0 Å². The number of halogens is 3. The monoisotopic (exact) mass is 397 g/mol. The maximum Gasteiger partial charge on any atom is 0.471 e. The molecule has 0 atom stereocenters. The second-order valence-electron chi connectivity index (χ2n) is 6.12. The van der Waals surface area contributed by atoms with Gasteiger partial charge in [0.15, 0.2) is 0 Å². The van der Waals surface area contributed by atoms with Crippen molar-refractivity contribution in [1.82, 2.24) is 34.9 Å². The third kappa shape index (κ3) is 3.02. The quantitative estimate of drug-likeness (QED) is 0.496. The molecular formula is C18H10F3N7O. The number of hydrogen-bond acceptors (Lipinski definition) is 6. The van der Waals surface area contributed by atoms with Gasteiger partial charge in [0.25, 0.3) is 0 Å². The summed E-state index contributed by atoms with van der Waals surface area (Å²) in [6.45, 7) is 0. The number of alkyl halides is 3. The summed E-state index contributed by atoms with van der Waals surface area (Å²) in [6.07, 6.45) is 3.79. The molecule has 0 saturated carbocycles. The Kier molecular flexibility index (Phi) is 3.69. The molecule has 0 spiro atoms. The first-order chi connectivity index (χ1) is 14.0. The van der Waals surface area contributed by atoms with Crippen LogP contribution in [0.2, 0.25) is 0 Å². The van der Waals surface area contributed by atoms with E-state index in [-0.39, 0.29) is 5.82 Å². The van der Waals surface area contributed by atoms with Gasteiger partial charge in [0.1, 0.15) is 0 Å². The Bertz CT molecular complexity index is 1300. The van der Waals surface area contributed by atoms with Crippen molar-refractivity contribution in [2.75, 3.05) is 0 Å². The van der Waals surface area contributed by atoms with Crippen LogP contribution in [0.15, 0.2) is 59.8 Å². The molecule has 0 fully saturated rings. The molecule has 0 amide bonds. The van der Waals surface area contributed by atoms with Gasteiger partial charge in [-0.1, -0.05) is 5.16 Å². The fourth-order valence-corrected chi connectivity index (χ4v) is 2.93. The maximum atomic E-state index is 12.7. The Morgan fingerprint density at radius 2 is 1.90 bits per heavy atom. The van der Waals surface area contributed by atoms with Gasteiger partial charge >= 0.3 is 12.1 Å². The second kappa shape index (κ2) is 6.26. The molecule has 29 heavy (non-hydrogen) atoms. The molecule has 0 aliphatic heterocycles. The first kappa shape index (κ1) is 17.1. The summed E-state index contributed by atoms with van der Waals surface area (Å²) in [7, 11) is 0. The molecule has 5 aromatic rings. The standard InChI is InChI=1S/C18H10F3N7O/c19-18(20,21)17-26-16(27-29-17)10-1-3-22-13(5-10)14-6-15-11(7-23-14)2-4-28(15)12-8-24-25-9-12/h1-9H,(H,24,25). The van der Waals surface area contributed by atoms with Crippen LogP contribution in [0, 0.1) is 0 Å². The molecule has 5 heterocycles. The molecule has 144 valence electrons. The van der Waals surface area contributed by atoms with Crippen LogP contribution in [-0.4, -0.2) is 34.9 Å². The number of fused-ring (bicyclic) bond motifs is 1. The Morgan fingerprint density at radius 1 is 1.03 bits per heavy atom. The fourth-order valence-electron chi connectivity index (χ4n) is 2.93. The minimum Gasteiger partial charge on any atom is -0.329 e. The van der Waals surface area contributed by atoms with E-state index in [0.29, 0.717) is 17.0 Å². The number of rotatable bonds is 3. The van der Waals surface area contributed by atoms with Gasteiger partial charge < -0.3 is 9.09 Å². The molecule has 0 unspecified atom stereocenters.